The number of H-pyrrole nitrogens is 1. The van der Waals surface area contributed by atoms with Crippen LogP contribution in [0, 0.1) is 23.0 Å². The van der Waals surface area contributed by atoms with Crippen LogP contribution >= 0.6 is 12.2 Å². The number of hydrogen-bond acceptors (Lipinski definition) is 5. The molecule has 1 N–H and O–H groups in total. The second kappa shape index (κ2) is 4.40. The summed E-state index contributed by atoms with van der Waals surface area (Å²) in [6, 6.07) is 2.41. The average molecular weight is 275 g/mol. The standard InChI is InChI=1S/C12H13N5OS/c1-8-14-6-9-10(15-8)17(11(19)16-9)12(7-13)2-4-18-5-3-12/h6H,2-5H2,1H3,(H,16,19). The van der Waals surface area contributed by atoms with Crippen LogP contribution in [0.25, 0.3) is 11.2 Å². The minimum absolute atomic E-state index is 0.512. The van der Waals surface area contributed by atoms with Crippen molar-refractivity contribution in [2.75, 3.05) is 13.2 Å². The van der Waals surface area contributed by atoms with E-state index in [0.717, 1.165) is 5.52 Å². The lowest BCUT2D eigenvalue weighted by molar-refractivity contribution is 0.0456. The number of aromatic amines is 1. The summed E-state index contributed by atoms with van der Waals surface area (Å²) in [5.74, 6) is 0.662. The number of rotatable bonds is 1. The van der Waals surface area contributed by atoms with Gasteiger partial charge in [0.2, 0.25) is 0 Å². The molecule has 7 heteroatoms. The Hall–Kier alpha value is -1.78. The van der Waals surface area contributed by atoms with Gasteiger partial charge < -0.3 is 9.72 Å². The van der Waals surface area contributed by atoms with Gasteiger partial charge in [-0.15, -0.1) is 0 Å². The van der Waals surface area contributed by atoms with Gasteiger partial charge in [-0.2, -0.15) is 5.26 Å². The molecule has 0 atom stereocenters. The Morgan fingerprint density at radius 2 is 2.26 bits per heavy atom. The average Bonchev–Trinajstić information content (AvgIpc) is 2.75. The zero-order chi connectivity index (χ0) is 13.5. The van der Waals surface area contributed by atoms with Crippen LogP contribution in [0.5, 0.6) is 0 Å². The lowest BCUT2D eigenvalue weighted by Crippen LogP contribution is -2.38. The molecule has 98 valence electrons. The number of aromatic nitrogens is 4. The lowest BCUT2D eigenvalue weighted by Gasteiger charge is -2.32. The molecule has 0 amide bonds. The third kappa shape index (κ3) is 1.84. The minimum atomic E-state index is -0.672. The summed E-state index contributed by atoms with van der Waals surface area (Å²) < 4.78 is 7.70. The molecule has 0 bridgehead atoms. The maximum absolute atomic E-state index is 9.64. The molecule has 1 fully saturated rings. The van der Waals surface area contributed by atoms with Crippen molar-refractivity contribution in [3.05, 3.63) is 16.8 Å². The minimum Gasteiger partial charge on any atom is -0.381 e. The molecule has 6 nitrogen and oxygen atoms in total. The number of nitriles is 1. The highest BCUT2D eigenvalue weighted by Crippen LogP contribution is 2.31. The molecule has 2 aromatic heterocycles. The van der Waals surface area contributed by atoms with E-state index in [4.69, 9.17) is 17.0 Å². The molecule has 2 aromatic rings. The second-order valence-electron chi connectivity index (χ2n) is 4.68. The van der Waals surface area contributed by atoms with E-state index >= 15 is 0 Å². The maximum atomic E-state index is 9.64. The summed E-state index contributed by atoms with van der Waals surface area (Å²) in [5, 5.41) is 9.64. The number of nitrogens with zero attached hydrogens (tertiary/aromatic N) is 4. The molecular formula is C12H13N5OS. The van der Waals surface area contributed by atoms with Gasteiger partial charge in [0.25, 0.3) is 0 Å². The van der Waals surface area contributed by atoms with Gasteiger partial charge in [-0.05, 0) is 19.1 Å². The van der Waals surface area contributed by atoms with Crippen molar-refractivity contribution >= 4 is 23.4 Å². The largest absolute Gasteiger partial charge is 0.381 e. The van der Waals surface area contributed by atoms with Crippen molar-refractivity contribution in [3.63, 3.8) is 0 Å². The van der Waals surface area contributed by atoms with Gasteiger partial charge in [-0.1, -0.05) is 0 Å². The van der Waals surface area contributed by atoms with E-state index in [0.29, 0.717) is 42.3 Å². The lowest BCUT2D eigenvalue weighted by atomic mass is 9.91. The number of hydrogen-bond donors (Lipinski definition) is 1. The zero-order valence-corrected chi connectivity index (χ0v) is 11.3. The quantitative estimate of drug-likeness (QED) is 0.803. The van der Waals surface area contributed by atoms with Crippen LogP contribution in [-0.4, -0.2) is 32.7 Å². The smallest absolute Gasteiger partial charge is 0.180 e. The van der Waals surface area contributed by atoms with Crippen LogP contribution in [0.2, 0.25) is 0 Å². The van der Waals surface area contributed by atoms with Crippen LogP contribution in [0.15, 0.2) is 6.20 Å². The van der Waals surface area contributed by atoms with Gasteiger partial charge in [0.1, 0.15) is 16.9 Å². The molecule has 19 heavy (non-hydrogen) atoms. The van der Waals surface area contributed by atoms with E-state index in [1.54, 1.807) is 6.20 Å². The topological polar surface area (TPSA) is 79.5 Å². The molecule has 0 saturated carbocycles. The number of ether oxygens (including phenoxy) is 1. The molecule has 0 aliphatic carbocycles. The number of imidazole rings is 1. The first-order valence-corrected chi connectivity index (χ1v) is 6.51. The van der Waals surface area contributed by atoms with Crippen molar-refractivity contribution in [2.24, 2.45) is 0 Å². The van der Waals surface area contributed by atoms with Gasteiger partial charge in [-0.25, -0.2) is 9.97 Å². The second-order valence-corrected chi connectivity index (χ2v) is 5.06. The van der Waals surface area contributed by atoms with Crippen LogP contribution < -0.4 is 0 Å². The normalized spacial score (nSPS) is 18.3. The summed E-state index contributed by atoms with van der Waals surface area (Å²) in [7, 11) is 0. The molecule has 1 aliphatic rings. The summed E-state index contributed by atoms with van der Waals surface area (Å²) in [6.07, 6.45) is 2.94. The summed E-state index contributed by atoms with van der Waals surface area (Å²) in [5.41, 5.74) is 0.784. The molecule has 1 saturated heterocycles. The van der Waals surface area contributed by atoms with Gasteiger partial charge in [0, 0.05) is 26.1 Å². The third-order valence-corrected chi connectivity index (χ3v) is 3.79. The summed E-state index contributed by atoms with van der Waals surface area (Å²) in [6.45, 7) is 2.95. The molecule has 3 heterocycles. The van der Waals surface area contributed by atoms with E-state index in [-0.39, 0.29) is 0 Å². The van der Waals surface area contributed by atoms with Crippen LogP contribution in [0.4, 0.5) is 0 Å². The Labute approximate surface area is 115 Å². The first-order valence-electron chi connectivity index (χ1n) is 6.10. The monoisotopic (exact) mass is 275 g/mol. The van der Waals surface area contributed by atoms with E-state index < -0.39 is 5.54 Å². The van der Waals surface area contributed by atoms with Gasteiger partial charge >= 0.3 is 0 Å². The van der Waals surface area contributed by atoms with Gasteiger partial charge in [0.15, 0.2) is 10.4 Å². The first kappa shape index (κ1) is 12.3. The summed E-state index contributed by atoms with van der Waals surface area (Å²) in [4.78, 5) is 11.6. The van der Waals surface area contributed by atoms with E-state index in [9.17, 15) is 5.26 Å². The fraction of sp³-hybridized carbons (Fsp3) is 0.500. The highest BCUT2D eigenvalue weighted by Gasteiger charge is 2.37. The Bertz CT molecular complexity index is 720. The molecule has 0 aromatic carbocycles. The fourth-order valence-corrected chi connectivity index (χ4v) is 2.85. The Balaban J connectivity index is 2.29. The van der Waals surface area contributed by atoms with Crippen LogP contribution in [0.1, 0.15) is 18.7 Å². The molecule has 0 spiro atoms. The SMILES string of the molecule is Cc1ncc2[nH]c(=S)n(C3(C#N)CCOCC3)c2n1. The zero-order valence-electron chi connectivity index (χ0n) is 10.5. The highest BCUT2D eigenvalue weighted by molar-refractivity contribution is 7.71. The van der Waals surface area contributed by atoms with Crippen molar-refractivity contribution in [1.82, 2.24) is 19.5 Å². The van der Waals surface area contributed by atoms with Crippen molar-refractivity contribution in [2.45, 2.75) is 25.3 Å². The molecule has 3 rings (SSSR count). The maximum Gasteiger partial charge on any atom is 0.180 e. The Kier molecular flexibility index (Phi) is 2.84. The first-order chi connectivity index (χ1) is 9.16. The summed E-state index contributed by atoms with van der Waals surface area (Å²) >= 11 is 5.36. The molecule has 0 radical (unpaired) electrons. The van der Waals surface area contributed by atoms with E-state index in [1.165, 1.54) is 0 Å². The van der Waals surface area contributed by atoms with E-state index in [2.05, 4.69) is 21.0 Å². The van der Waals surface area contributed by atoms with Crippen molar-refractivity contribution < 1.29 is 4.74 Å². The molecule has 0 unspecified atom stereocenters. The van der Waals surface area contributed by atoms with Crippen molar-refractivity contribution in [3.8, 4) is 6.07 Å². The highest BCUT2D eigenvalue weighted by atomic mass is 32.1. The molecule has 1 aliphatic heterocycles. The number of aryl methyl sites for hydroxylation is 1. The third-order valence-electron chi connectivity index (χ3n) is 3.50. The predicted molar refractivity (Wildman–Crippen MR) is 71.1 cm³/mol. The number of fused-ring (bicyclic) bond motifs is 1. The van der Waals surface area contributed by atoms with Crippen LogP contribution in [0.3, 0.4) is 0 Å². The Morgan fingerprint density at radius 1 is 1.53 bits per heavy atom. The fourth-order valence-electron chi connectivity index (χ4n) is 2.48. The Morgan fingerprint density at radius 3 is 2.95 bits per heavy atom. The molecular weight excluding hydrogens is 262 g/mol. The number of nitrogens with one attached hydrogen (secondary N) is 1. The van der Waals surface area contributed by atoms with Crippen LogP contribution in [-0.2, 0) is 10.3 Å². The van der Waals surface area contributed by atoms with E-state index in [1.807, 2.05) is 11.5 Å². The van der Waals surface area contributed by atoms with Gasteiger partial charge in [0.05, 0.1) is 12.3 Å². The van der Waals surface area contributed by atoms with Crippen molar-refractivity contribution in [1.29, 1.82) is 5.26 Å². The van der Waals surface area contributed by atoms with Gasteiger partial charge in [-0.3, -0.25) is 4.57 Å². The predicted octanol–water partition coefficient (Wildman–Crippen LogP) is 1.83.